The molecule has 1 aliphatic carbocycles. The Morgan fingerprint density at radius 3 is 2.48 bits per heavy atom. The van der Waals surface area contributed by atoms with Crippen molar-refractivity contribution in [1.29, 1.82) is 0 Å². The van der Waals surface area contributed by atoms with Crippen LogP contribution in [0, 0.1) is 11.3 Å². The first-order chi connectivity index (χ1) is 11.8. The zero-order valence-corrected chi connectivity index (χ0v) is 14.9. The standard InChI is InChI=1S/C20H22N2O2.ClH/c23-19(16-14-20(16)10-12-21-13-11-20)22-17-8-4-5-9-18(17)24-15-6-2-1-3-7-15;/h1-9,16,21H,10-14H2,(H,22,23);1H. The summed E-state index contributed by atoms with van der Waals surface area (Å²) in [7, 11) is 0. The fourth-order valence-electron chi connectivity index (χ4n) is 3.69. The molecule has 1 saturated carbocycles. The third kappa shape index (κ3) is 3.80. The maximum atomic E-state index is 12.7. The minimum atomic E-state index is 0. The first kappa shape index (κ1) is 17.8. The Kier molecular flexibility index (Phi) is 5.30. The number of hydrogen-bond donors (Lipinski definition) is 2. The van der Waals surface area contributed by atoms with Gasteiger partial charge < -0.3 is 15.4 Å². The summed E-state index contributed by atoms with van der Waals surface area (Å²) >= 11 is 0. The molecule has 132 valence electrons. The average molecular weight is 359 g/mol. The topological polar surface area (TPSA) is 50.4 Å². The van der Waals surface area contributed by atoms with Gasteiger partial charge in [0, 0.05) is 5.92 Å². The molecule has 0 radical (unpaired) electrons. The van der Waals surface area contributed by atoms with Gasteiger partial charge in [0.15, 0.2) is 5.75 Å². The molecule has 4 nitrogen and oxygen atoms in total. The summed E-state index contributed by atoms with van der Waals surface area (Å²) in [6, 6.07) is 17.2. The van der Waals surface area contributed by atoms with Gasteiger partial charge in [-0.3, -0.25) is 4.79 Å². The Morgan fingerprint density at radius 2 is 1.72 bits per heavy atom. The van der Waals surface area contributed by atoms with Crippen molar-refractivity contribution in [3.63, 3.8) is 0 Å². The third-order valence-corrected chi connectivity index (χ3v) is 5.22. The van der Waals surface area contributed by atoms with Gasteiger partial charge in [0.25, 0.3) is 0 Å². The van der Waals surface area contributed by atoms with Gasteiger partial charge in [-0.05, 0) is 62.0 Å². The van der Waals surface area contributed by atoms with Crippen LogP contribution in [-0.2, 0) is 4.79 Å². The molecule has 1 unspecified atom stereocenters. The predicted octanol–water partition coefficient (Wildman–Crippen LogP) is 4.23. The molecule has 0 bridgehead atoms. The molecule has 1 heterocycles. The van der Waals surface area contributed by atoms with Crippen molar-refractivity contribution in [2.75, 3.05) is 18.4 Å². The van der Waals surface area contributed by atoms with Gasteiger partial charge in [0.1, 0.15) is 5.75 Å². The number of benzene rings is 2. The van der Waals surface area contributed by atoms with E-state index >= 15 is 0 Å². The zero-order valence-electron chi connectivity index (χ0n) is 14.0. The van der Waals surface area contributed by atoms with Crippen molar-refractivity contribution in [1.82, 2.24) is 5.32 Å². The summed E-state index contributed by atoms with van der Waals surface area (Å²) in [5.41, 5.74) is 0.979. The average Bonchev–Trinajstić information content (AvgIpc) is 3.31. The summed E-state index contributed by atoms with van der Waals surface area (Å²) in [4.78, 5) is 12.7. The van der Waals surface area contributed by atoms with E-state index in [9.17, 15) is 4.79 Å². The number of halogens is 1. The van der Waals surface area contributed by atoms with Crippen LogP contribution in [0.1, 0.15) is 19.3 Å². The van der Waals surface area contributed by atoms with Crippen LogP contribution >= 0.6 is 12.4 Å². The minimum Gasteiger partial charge on any atom is -0.455 e. The van der Waals surface area contributed by atoms with E-state index in [4.69, 9.17) is 4.74 Å². The maximum Gasteiger partial charge on any atom is 0.228 e. The van der Waals surface area contributed by atoms with E-state index < -0.39 is 0 Å². The van der Waals surface area contributed by atoms with Gasteiger partial charge in [-0.2, -0.15) is 0 Å². The van der Waals surface area contributed by atoms with Crippen LogP contribution in [0.3, 0.4) is 0 Å². The Balaban J connectivity index is 0.00000182. The number of carbonyl (C=O) groups is 1. The van der Waals surface area contributed by atoms with Crippen molar-refractivity contribution in [2.45, 2.75) is 19.3 Å². The molecule has 1 aliphatic heterocycles. The summed E-state index contributed by atoms with van der Waals surface area (Å²) in [6.07, 6.45) is 3.22. The van der Waals surface area contributed by atoms with Gasteiger partial charge >= 0.3 is 0 Å². The molecule has 1 amide bonds. The van der Waals surface area contributed by atoms with Crippen molar-refractivity contribution in [3.05, 3.63) is 54.6 Å². The quantitative estimate of drug-likeness (QED) is 0.859. The molecular formula is C20H23ClN2O2. The molecule has 4 rings (SSSR count). The van der Waals surface area contributed by atoms with E-state index in [0.717, 1.165) is 43.8 Å². The Hall–Kier alpha value is -2.04. The maximum absolute atomic E-state index is 12.7. The number of piperidine rings is 1. The Labute approximate surface area is 154 Å². The van der Waals surface area contributed by atoms with Crippen LogP contribution in [0.4, 0.5) is 5.69 Å². The molecular weight excluding hydrogens is 336 g/mol. The highest BCUT2D eigenvalue weighted by Gasteiger charge is 2.57. The Morgan fingerprint density at radius 1 is 1.04 bits per heavy atom. The van der Waals surface area contributed by atoms with E-state index in [-0.39, 0.29) is 29.6 Å². The number of carbonyl (C=O) groups excluding carboxylic acids is 1. The smallest absolute Gasteiger partial charge is 0.228 e. The number of hydrogen-bond acceptors (Lipinski definition) is 3. The van der Waals surface area contributed by atoms with E-state index in [1.165, 1.54) is 0 Å². The molecule has 2 aliphatic rings. The van der Waals surface area contributed by atoms with Gasteiger partial charge in [-0.15, -0.1) is 12.4 Å². The first-order valence-electron chi connectivity index (χ1n) is 8.60. The van der Waals surface area contributed by atoms with Crippen LogP contribution in [0.25, 0.3) is 0 Å². The SMILES string of the molecule is Cl.O=C(Nc1ccccc1Oc1ccccc1)C1CC12CCNCC2. The number of rotatable bonds is 4. The minimum absolute atomic E-state index is 0. The van der Waals surface area contributed by atoms with E-state index in [0.29, 0.717) is 5.75 Å². The van der Waals surface area contributed by atoms with E-state index in [1.807, 2.05) is 54.6 Å². The lowest BCUT2D eigenvalue weighted by molar-refractivity contribution is -0.118. The normalized spacial score (nSPS) is 20.4. The highest BCUT2D eigenvalue weighted by molar-refractivity contribution is 5.96. The van der Waals surface area contributed by atoms with Crippen molar-refractivity contribution in [3.8, 4) is 11.5 Å². The van der Waals surface area contributed by atoms with Crippen molar-refractivity contribution < 1.29 is 9.53 Å². The summed E-state index contributed by atoms with van der Waals surface area (Å²) in [5.74, 6) is 1.71. The highest BCUT2D eigenvalue weighted by atomic mass is 35.5. The summed E-state index contributed by atoms with van der Waals surface area (Å²) in [6.45, 7) is 2.05. The second-order valence-corrected chi connectivity index (χ2v) is 6.77. The molecule has 1 spiro atoms. The molecule has 2 aromatic carbocycles. The number of nitrogens with one attached hydrogen (secondary N) is 2. The fraction of sp³-hybridized carbons (Fsp3) is 0.350. The van der Waals surface area contributed by atoms with Crippen LogP contribution in [0.2, 0.25) is 0 Å². The number of anilines is 1. The molecule has 1 atom stereocenters. The molecule has 5 heteroatoms. The number of amides is 1. The molecule has 25 heavy (non-hydrogen) atoms. The predicted molar refractivity (Wildman–Crippen MR) is 101 cm³/mol. The zero-order chi connectivity index (χ0) is 16.4. The van der Waals surface area contributed by atoms with E-state index in [2.05, 4.69) is 10.6 Å². The largest absolute Gasteiger partial charge is 0.455 e. The summed E-state index contributed by atoms with van der Waals surface area (Å²) in [5, 5.41) is 6.45. The summed E-state index contributed by atoms with van der Waals surface area (Å²) < 4.78 is 5.92. The van der Waals surface area contributed by atoms with Crippen LogP contribution in [0.5, 0.6) is 11.5 Å². The van der Waals surface area contributed by atoms with Gasteiger partial charge in [0.2, 0.25) is 5.91 Å². The lowest BCUT2D eigenvalue weighted by atomic mass is 9.92. The molecule has 2 fully saturated rings. The number of ether oxygens (including phenoxy) is 1. The van der Waals surface area contributed by atoms with Crippen LogP contribution in [0.15, 0.2) is 54.6 Å². The monoisotopic (exact) mass is 358 g/mol. The molecule has 1 saturated heterocycles. The van der Waals surface area contributed by atoms with Gasteiger partial charge in [-0.25, -0.2) is 0 Å². The Bertz CT molecular complexity index is 729. The molecule has 0 aromatic heterocycles. The molecule has 2 aromatic rings. The van der Waals surface area contributed by atoms with Gasteiger partial charge in [-0.1, -0.05) is 30.3 Å². The van der Waals surface area contributed by atoms with Crippen LogP contribution < -0.4 is 15.4 Å². The second-order valence-electron chi connectivity index (χ2n) is 6.77. The van der Waals surface area contributed by atoms with Crippen molar-refractivity contribution >= 4 is 24.0 Å². The van der Waals surface area contributed by atoms with Crippen LogP contribution in [-0.4, -0.2) is 19.0 Å². The second kappa shape index (κ2) is 7.46. The third-order valence-electron chi connectivity index (χ3n) is 5.22. The fourth-order valence-corrected chi connectivity index (χ4v) is 3.69. The van der Waals surface area contributed by atoms with Crippen molar-refractivity contribution in [2.24, 2.45) is 11.3 Å². The number of para-hydroxylation sites is 3. The van der Waals surface area contributed by atoms with E-state index in [1.54, 1.807) is 0 Å². The highest BCUT2D eigenvalue weighted by Crippen LogP contribution is 2.58. The molecule has 2 N–H and O–H groups in total. The lowest BCUT2D eigenvalue weighted by Gasteiger charge is -2.23. The van der Waals surface area contributed by atoms with Gasteiger partial charge in [0.05, 0.1) is 5.69 Å². The lowest BCUT2D eigenvalue weighted by Crippen LogP contribution is -2.31. The first-order valence-corrected chi connectivity index (χ1v) is 8.60.